The number of nitrogens with zero attached hydrogens (tertiary/aromatic N) is 2. The van der Waals surface area contributed by atoms with E-state index in [1.165, 1.54) is 12.3 Å². The van der Waals surface area contributed by atoms with Crippen LogP contribution in [0.3, 0.4) is 0 Å². The molecule has 1 aliphatic heterocycles. The first-order valence-corrected chi connectivity index (χ1v) is 7.97. The lowest BCUT2D eigenvalue weighted by molar-refractivity contribution is 0.0696. The van der Waals surface area contributed by atoms with Gasteiger partial charge in [0.25, 0.3) is 5.91 Å². The summed E-state index contributed by atoms with van der Waals surface area (Å²) in [6.45, 7) is 4.54. The van der Waals surface area contributed by atoms with E-state index in [1.54, 1.807) is 31.3 Å². The van der Waals surface area contributed by atoms with E-state index in [9.17, 15) is 9.59 Å². The van der Waals surface area contributed by atoms with Crippen LogP contribution in [0, 0.1) is 6.92 Å². The van der Waals surface area contributed by atoms with Crippen molar-refractivity contribution < 1.29 is 19.4 Å². The van der Waals surface area contributed by atoms with E-state index < -0.39 is 5.97 Å². The minimum absolute atomic E-state index is 0.217. The normalized spacial score (nSPS) is 14.2. The summed E-state index contributed by atoms with van der Waals surface area (Å²) in [6, 6.07) is 6.50. The molecule has 2 heterocycles. The van der Waals surface area contributed by atoms with E-state index in [0.717, 1.165) is 18.8 Å². The Morgan fingerprint density at radius 2 is 1.96 bits per heavy atom. The smallest absolute Gasteiger partial charge is 0.335 e. The number of aromatic carboxylic acids is 1. The van der Waals surface area contributed by atoms with Gasteiger partial charge in [0.15, 0.2) is 0 Å². The van der Waals surface area contributed by atoms with Gasteiger partial charge in [0.1, 0.15) is 0 Å². The molecule has 0 unspecified atom stereocenters. The first-order chi connectivity index (χ1) is 12.0. The standard InChI is InChI=1S/C18H19N3O4/c1-12-8-14(2-3-16(12)18(23)24)20-17(22)13-9-15(11-19-10-13)21-4-6-25-7-5-21/h2-3,8-11H,4-7H2,1H3,(H,20,22)(H,23,24). The van der Waals surface area contributed by atoms with Crippen molar-refractivity contribution in [2.24, 2.45) is 0 Å². The number of nitrogens with one attached hydrogen (secondary N) is 1. The number of anilines is 2. The lowest BCUT2D eigenvalue weighted by atomic mass is 10.1. The second-order valence-electron chi connectivity index (χ2n) is 5.82. The molecule has 0 radical (unpaired) electrons. The Kier molecular flexibility index (Phi) is 4.95. The van der Waals surface area contributed by atoms with Gasteiger partial charge in [0, 0.05) is 25.0 Å². The molecule has 1 fully saturated rings. The molecule has 1 amide bonds. The third kappa shape index (κ3) is 3.95. The molecule has 130 valence electrons. The lowest BCUT2D eigenvalue weighted by Gasteiger charge is -2.28. The second-order valence-corrected chi connectivity index (χ2v) is 5.82. The number of hydrogen-bond donors (Lipinski definition) is 2. The van der Waals surface area contributed by atoms with Crippen molar-refractivity contribution >= 4 is 23.3 Å². The van der Waals surface area contributed by atoms with Crippen molar-refractivity contribution in [2.75, 3.05) is 36.5 Å². The largest absolute Gasteiger partial charge is 0.478 e. The van der Waals surface area contributed by atoms with Crippen LogP contribution in [0.5, 0.6) is 0 Å². The molecular formula is C18H19N3O4. The average molecular weight is 341 g/mol. The third-order valence-corrected chi connectivity index (χ3v) is 4.08. The first-order valence-electron chi connectivity index (χ1n) is 7.97. The van der Waals surface area contributed by atoms with Gasteiger partial charge in [-0.15, -0.1) is 0 Å². The SMILES string of the molecule is Cc1cc(NC(=O)c2cncc(N3CCOCC3)c2)ccc1C(=O)O. The summed E-state index contributed by atoms with van der Waals surface area (Å²) in [4.78, 5) is 29.8. The number of hydrogen-bond acceptors (Lipinski definition) is 5. The summed E-state index contributed by atoms with van der Waals surface area (Å²) >= 11 is 0. The molecule has 1 aromatic carbocycles. The molecule has 0 saturated carbocycles. The summed E-state index contributed by atoms with van der Waals surface area (Å²) in [5, 5.41) is 11.8. The topological polar surface area (TPSA) is 91.8 Å². The van der Waals surface area contributed by atoms with Crippen LogP contribution in [0.2, 0.25) is 0 Å². The predicted molar refractivity (Wildman–Crippen MR) is 93.4 cm³/mol. The number of carboxylic acid groups (broad SMARTS) is 1. The number of carbonyl (C=O) groups excluding carboxylic acids is 1. The van der Waals surface area contributed by atoms with Gasteiger partial charge < -0.3 is 20.1 Å². The van der Waals surface area contributed by atoms with Crippen molar-refractivity contribution in [3.63, 3.8) is 0 Å². The van der Waals surface area contributed by atoms with E-state index in [1.807, 2.05) is 0 Å². The number of carbonyl (C=O) groups is 2. The minimum atomic E-state index is -0.988. The van der Waals surface area contributed by atoms with Crippen molar-refractivity contribution in [1.29, 1.82) is 0 Å². The summed E-state index contributed by atoms with van der Waals surface area (Å²) in [7, 11) is 0. The van der Waals surface area contributed by atoms with Gasteiger partial charge in [-0.1, -0.05) is 0 Å². The molecule has 1 aromatic heterocycles. The molecule has 0 aliphatic carbocycles. The summed E-state index contributed by atoms with van der Waals surface area (Å²) < 4.78 is 5.33. The molecule has 2 N–H and O–H groups in total. The zero-order valence-electron chi connectivity index (χ0n) is 13.9. The van der Waals surface area contributed by atoms with Crippen molar-refractivity contribution in [3.8, 4) is 0 Å². The highest BCUT2D eigenvalue weighted by Crippen LogP contribution is 2.19. The number of amides is 1. The van der Waals surface area contributed by atoms with Gasteiger partial charge in [-0.2, -0.15) is 0 Å². The van der Waals surface area contributed by atoms with Crippen LogP contribution in [0.15, 0.2) is 36.7 Å². The molecule has 0 spiro atoms. The Labute approximate surface area is 145 Å². The highest BCUT2D eigenvalue weighted by molar-refractivity contribution is 6.04. The van der Waals surface area contributed by atoms with E-state index in [-0.39, 0.29) is 11.5 Å². The monoisotopic (exact) mass is 341 g/mol. The molecule has 1 saturated heterocycles. The van der Waals surface area contributed by atoms with Gasteiger partial charge in [-0.25, -0.2) is 4.79 Å². The fraction of sp³-hybridized carbons (Fsp3) is 0.278. The average Bonchev–Trinajstić information content (AvgIpc) is 2.62. The molecule has 1 aliphatic rings. The van der Waals surface area contributed by atoms with Crippen LogP contribution < -0.4 is 10.2 Å². The van der Waals surface area contributed by atoms with Crippen molar-refractivity contribution in [1.82, 2.24) is 4.98 Å². The summed E-state index contributed by atoms with van der Waals surface area (Å²) in [5.74, 6) is -1.28. The number of aryl methyl sites for hydroxylation is 1. The number of aromatic nitrogens is 1. The maximum atomic E-state index is 12.5. The maximum Gasteiger partial charge on any atom is 0.335 e. The zero-order valence-corrected chi connectivity index (χ0v) is 13.9. The number of morpholine rings is 1. The lowest BCUT2D eigenvalue weighted by Crippen LogP contribution is -2.36. The van der Waals surface area contributed by atoms with Crippen molar-refractivity contribution in [3.05, 3.63) is 53.3 Å². The number of pyridine rings is 1. The minimum Gasteiger partial charge on any atom is -0.478 e. The highest BCUT2D eigenvalue weighted by atomic mass is 16.5. The Balaban J connectivity index is 1.75. The van der Waals surface area contributed by atoms with Gasteiger partial charge in [-0.3, -0.25) is 9.78 Å². The summed E-state index contributed by atoms with van der Waals surface area (Å²) in [5.41, 5.74) is 2.68. The third-order valence-electron chi connectivity index (χ3n) is 4.08. The highest BCUT2D eigenvalue weighted by Gasteiger charge is 2.15. The van der Waals surface area contributed by atoms with Crippen LogP contribution in [-0.4, -0.2) is 48.3 Å². The Hall–Kier alpha value is -2.93. The number of ether oxygens (including phenoxy) is 1. The van der Waals surface area contributed by atoms with Crippen LogP contribution in [0.4, 0.5) is 11.4 Å². The fourth-order valence-electron chi connectivity index (χ4n) is 2.73. The van der Waals surface area contributed by atoms with E-state index >= 15 is 0 Å². The second kappa shape index (κ2) is 7.31. The summed E-state index contributed by atoms with van der Waals surface area (Å²) in [6.07, 6.45) is 3.24. The Bertz CT molecular complexity index is 801. The first kappa shape index (κ1) is 16.9. The van der Waals surface area contributed by atoms with Crippen LogP contribution in [-0.2, 0) is 4.74 Å². The molecule has 3 rings (SSSR count). The molecule has 0 bridgehead atoms. The van der Waals surface area contributed by atoms with E-state index in [2.05, 4.69) is 15.2 Å². The van der Waals surface area contributed by atoms with E-state index in [0.29, 0.717) is 30.0 Å². The fourth-order valence-corrected chi connectivity index (χ4v) is 2.73. The number of rotatable bonds is 4. The molecular weight excluding hydrogens is 322 g/mol. The Morgan fingerprint density at radius 1 is 1.20 bits per heavy atom. The van der Waals surface area contributed by atoms with Crippen molar-refractivity contribution in [2.45, 2.75) is 6.92 Å². The van der Waals surface area contributed by atoms with Crippen LogP contribution in [0.1, 0.15) is 26.3 Å². The van der Waals surface area contributed by atoms with Crippen LogP contribution >= 0.6 is 0 Å². The Morgan fingerprint density at radius 3 is 2.64 bits per heavy atom. The van der Waals surface area contributed by atoms with Gasteiger partial charge in [0.2, 0.25) is 0 Å². The van der Waals surface area contributed by atoms with Gasteiger partial charge >= 0.3 is 5.97 Å². The number of benzene rings is 1. The maximum absolute atomic E-state index is 12.5. The van der Waals surface area contributed by atoms with Crippen LogP contribution in [0.25, 0.3) is 0 Å². The van der Waals surface area contributed by atoms with Gasteiger partial charge in [0.05, 0.1) is 36.2 Å². The number of carboxylic acids is 1. The molecule has 7 heteroatoms. The predicted octanol–water partition coefficient (Wildman–Crippen LogP) is 2.18. The molecule has 7 nitrogen and oxygen atoms in total. The zero-order chi connectivity index (χ0) is 17.8. The molecule has 25 heavy (non-hydrogen) atoms. The quantitative estimate of drug-likeness (QED) is 0.886. The van der Waals surface area contributed by atoms with E-state index in [4.69, 9.17) is 9.84 Å². The molecule has 0 atom stereocenters. The molecule has 2 aromatic rings. The van der Waals surface area contributed by atoms with Gasteiger partial charge in [-0.05, 0) is 36.8 Å².